The van der Waals surface area contributed by atoms with Gasteiger partial charge in [-0.05, 0) is 53.9 Å². The molecule has 0 radical (unpaired) electrons. The van der Waals surface area contributed by atoms with Gasteiger partial charge in [-0.25, -0.2) is 4.39 Å². The maximum Gasteiger partial charge on any atom is 0.295 e. The summed E-state index contributed by atoms with van der Waals surface area (Å²) in [4.78, 5) is 31.2. The molecule has 1 atom stereocenters. The standard InChI is InChI=1S/C24H19FN2O4/c1-14-2-3-17(12-19(14)25)22(29)20-21(16-4-6-18(28)7-5-16)27(24(31)23(20)30)13-15-8-10-26-11-9-15/h2-12,21,28-29H,13H2,1H3/b22-20+. The minimum Gasteiger partial charge on any atom is -0.508 e. The van der Waals surface area contributed by atoms with Crippen LogP contribution in [0.5, 0.6) is 5.75 Å². The number of halogens is 1. The molecule has 1 aromatic heterocycles. The SMILES string of the molecule is Cc1ccc(/C(O)=C2\C(=O)C(=O)N(Cc3ccncc3)C2c2ccc(O)cc2)cc1F. The van der Waals surface area contributed by atoms with Gasteiger partial charge in [0.05, 0.1) is 11.6 Å². The fourth-order valence-corrected chi connectivity index (χ4v) is 3.63. The van der Waals surface area contributed by atoms with Crippen LogP contribution in [0.15, 0.2) is 72.6 Å². The number of ketones is 1. The molecule has 1 aliphatic heterocycles. The summed E-state index contributed by atoms with van der Waals surface area (Å²) in [5, 5.41) is 20.6. The Morgan fingerprint density at radius 1 is 1.06 bits per heavy atom. The van der Waals surface area contributed by atoms with Gasteiger partial charge in [-0.3, -0.25) is 14.6 Å². The van der Waals surface area contributed by atoms with Gasteiger partial charge in [0.2, 0.25) is 0 Å². The van der Waals surface area contributed by atoms with Crippen molar-refractivity contribution in [1.82, 2.24) is 9.88 Å². The molecule has 7 heteroatoms. The van der Waals surface area contributed by atoms with E-state index in [4.69, 9.17) is 0 Å². The first-order valence-electron chi connectivity index (χ1n) is 9.59. The molecular formula is C24H19FN2O4. The number of pyridine rings is 1. The third-order valence-electron chi connectivity index (χ3n) is 5.30. The summed E-state index contributed by atoms with van der Waals surface area (Å²) < 4.78 is 14.1. The third-order valence-corrected chi connectivity index (χ3v) is 5.30. The molecule has 3 aromatic rings. The van der Waals surface area contributed by atoms with E-state index < -0.39 is 29.3 Å². The van der Waals surface area contributed by atoms with Gasteiger partial charge in [0, 0.05) is 24.5 Å². The maximum atomic E-state index is 14.1. The summed E-state index contributed by atoms with van der Waals surface area (Å²) in [5.74, 6) is -2.59. The fourth-order valence-electron chi connectivity index (χ4n) is 3.63. The number of hydrogen-bond donors (Lipinski definition) is 2. The molecule has 0 saturated carbocycles. The molecule has 6 nitrogen and oxygen atoms in total. The zero-order valence-corrected chi connectivity index (χ0v) is 16.6. The number of aryl methyl sites for hydroxylation is 1. The van der Waals surface area contributed by atoms with Gasteiger partial charge in [0.25, 0.3) is 11.7 Å². The second kappa shape index (κ2) is 8.02. The highest BCUT2D eigenvalue weighted by atomic mass is 19.1. The lowest BCUT2D eigenvalue weighted by molar-refractivity contribution is -0.140. The van der Waals surface area contributed by atoms with Crippen LogP contribution >= 0.6 is 0 Å². The summed E-state index contributed by atoms with van der Waals surface area (Å²) in [6.07, 6.45) is 3.16. The highest BCUT2D eigenvalue weighted by Gasteiger charge is 2.46. The fraction of sp³-hybridized carbons (Fsp3) is 0.125. The van der Waals surface area contributed by atoms with E-state index in [1.807, 2.05) is 0 Å². The third kappa shape index (κ3) is 3.77. The molecule has 156 valence electrons. The van der Waals surface area contributed by atoms with Crippen LogP contribution in [-0.4, -0.2) is 31.8 Å². The van der Waals surface area contributed by atoms with Crippen LogP contribution in [0.4, 0.5) is 4.39 Å². The Kier molecular flexibility index (Phi) is 5.25. The molecule has 31 heavy (non-hydrogen) atoms. The summed E-state index contributed by atoms with van der Waals surface area (Å²) in [6, 6.07) is 12.7. The molecule has 1 saturated heterocycles. The van der Waals surface area contributed by atoms with Crippen LogP contribution in [0.25, 0.3) is 5.76 Å². The van der Waals surface area contributed by atoms with Crippen molar-refractivity contribution in [2.45, 2.75) is 19.5 Å². The van der Waals surface area contributed by atoms with E-state index in [1.54, 1.807) is 43.6 Å². The van der Waals surface area contributed by atoms with E-state index in [2.05, 4.69) is 4.98 Å². The monoisotopic (exact) mass is 418 g/mol. The first-order valence-corrected chi connectivity index (χ1v) is 9.59. The van der Waals surface area contributed by atoms with Crippen molar-refractivity contribution >= 4 is 17.4 Å². The number of hydrogen-bond acceptors (Lipinski definition) is 5. The molecule has 2 aromatic carbocycles. The molecule has 2 heterocycles. The van der Waals surface area contributed by atoms with Crippen LogP contribution < -0.4 is 0 Å². The first kappa shape index (κ1) is 20.3. The average Bonchev–Trinajstić information content (AvgIpc) is 3.01. The van der Waals surface area contributed by atoms with Crippen molar-refractivity contribution in [1.29, 1.82) is 0 Å². The number of amides is 1. The zero-order valence-electron chi connectivity index (χ0n) is 16.6. The first-order chi connectivity index (χ1) is 14.9. The van der Waals surface area contributed by atoms with Gasteiger partial charge in [0.1, 0.15) is 17.3 Å². The van der Waals surface area contributed by atoms with E-state index in [0.717, 1.165) is 11.6 Å². The molecule has 1 aliphatic rings. The Balaban J connectivity index is 1.87. The number of aliphatic hydroxyl groups is 1. The molecule has 1 amide bonds. The molecule has 1 unspecified atom stereocenters. The van der Waals surface area contributed by atoms with Crippen molar-refractivity contribution in [3.8, 4) is 5.75 Å². The number of aromatic nitrogens is 1. The molecule has 0 bridgehead atoms. The number of nitrogens with zero attached hydrogens (tertiary/aromatic N) is 2. The molecule has 4 rings (SSSR count). The summed E-state index contributed by atoms with van der Waals surface area (Å²) in [5.41, 5.74) is 1.65. The topological polar surface area (TPSA) is 90.7 Å². The van der Waals surface area contributed by atoms with Crippen molar-refractivity contribution < 1.29 is 24.2 Å². The number of rotatable bonds is 4. The van der Waals surface area contributed by atoms with Gasteiger partial charge in [-0.15, -0.1) is 0 Å². The Labute approximate surface area is 177 Å². The normalized spacial score (nSPS) is 17.9. The number of carbonyl (C=O) groups excluding carboxylic acids is 2. The van der Waals surface area contributed by atoms with Gasteiger partial charge in [0.15, 0.2) is 0 Å². The number of Topliss-reactive ketones (excluding diaryl/α,β-unsaturated/α-hetero) is 1. The van der Waals surface area contributed by atoms with Crippen molar-refractivity contribution in [2.24, 2.45) is 0 Å². The predicted molar refractivity (Wildman–Crippen MR) is 111 cm³/mol. The zero-order chi connectivity index (χ0) is 22.1. The Morgan fingerprint density at radius 2 is 1.74 bits per heavy atom. The van der Waals surface area contributed by atoms with Crippen molar-refractivity contribution in [2.75, 3.05) is 0 Å². The van der Waals surface area contributed by atoms with Crippen LogP contribution in [0.1, 0.15) is 28.3 Å². The van der Waals surface area contributed by atoms with Crippen LogP contribution in [0, 0.1) is 12.7 Å². The van der Waals surface area contributed by atoms with Crippen LogP contribution in [0.2, 0.25) is 0 Å². The Bertz CT molecular complexity index is 1190. The van der Waals surface area contributed by atoms with E-state index in [1.165, 1.54) is 29.2 Å². The van der Waals surface area contributed by atoms with E-state index in [-0.39, 0.29) is 23.4 Å². The molecule has 2 N–H and O–H groups in total. The Morgan fingerprint density at radius 3 is 2.39 bits per heavy atom. The second-order valence-electron chi connectivity index (χ2n) is 7.34. The van der Waals surface area contributed by atoms with Crippen molar-refractivity contribution in [3.05, 3.63) is 101 Å². The highest BCUT2D eigenvalue weighted by molar-refractivity contribution is 6.46. The minimum atomic E-state index is -0.905. The minimum absolute atomic E-state index is 0.0236. The second-order valence-corrected chi connectivity index (χ2v) is 7.34. The lowest BCUT2D eigenvalue weighted by Crippen LogP contribution is -2.29. The largest absolute Gasteiger partial charge is 0.508 e. The number of benzene rings is 2. The van der Waals surface area contributed by atoms with Crippen molar-refractivity contribution in [3.63, 3.8) is 0 Å². The number of likely N-dealkylation sites (tertiary alicyclic amines) is 1. The molecule has 1 fully saturated rings. The van der Waals surface area contributed by atoms with Gasteiger partial charge >= 0.3 is 0 Å². The van der Waals surface area contributed by atoms with E-state index in [9.17, 15) is 24.2 Å². The number of carbonyl (C=O) groups is 2. The van der Waals surface area contributed by atoms with Gasteiger partial charge < -0.3 is 15.1 Å². The lowest BCUT2D eigenvalue weighted by Gasteiger charge is -2.25. The molecule has 0 spiro atoms. The lowest BCUT2D eigenvalue weighted by atomic mass is 9.94. The summed E-state index contributed by atoms with van der Waals surface area (Å²) in [7, 11) is 0. The number of aromatic hydroxyl groups is 1. The van der Waals surface area contributed by atoms with Gasteiger partial charge in [-0.2, -0.15) is 0 Å². The van der Waals surface area contributed by atoms with E-state index >= 15 is 0 Å². The number of phenols is 1. The van der Waals surface area contributed by atoms with Crippen LogP contribution in [-0.2, 0) is 16.1 Å². The number of phenolic OH excluding ortho intramolecular Hbond substituents is 1. The van der Waals surface area contributed by atoms with Crippen LogP contribution in [0.3, 0.4) is 0 Å². The average molecular weight is 418 g/mol. The predicted octanol–water partition coefficient (Wildman–Crippen LogP) is 3.86. The Hall–Kier alpha value is -4.00. The van der Waals surface area contributed by atoms with Gasteiger partial charge in [-0.1, -0.05) is 24.3 Å². The quantitative estimate of drug-likeness (QED) is 0.382. The highest BCUT2D eigenvalue weighted by Crippen LogP contribution is 2.40. The summed E-state index contributed by atoms with van der Waals surface area (Å²) in [6.45, 7) is 1.70. The molecule has 0 aliphatic carbocycles. The van der Waals surface area contributed by atoms with E-state index in [0.29, 0.717) is 11.1 Å². The number of aliphatic hydroxyl groups excluding tert-OH is 1. The smallest absolute Gasteiger partial charge is 0.295 e. The maximum absolute atomic E-state index is 14.1. The molecular weight excluding hydrogens is 399 g/mol. The summed E-state index contributed by atoms with van der Waals surface area (Å²) >= 11 is 0.